The lowest BCUT2D eigenvalue weighted by Gasteiger charge is -2.33. The van der Waals surface area contributed by atoms with E-state index in [1.54, 1.807) is 0 Å². The minimum Gasteiger partial charge on any atom is -0.444 e. The summed E-state index contributed by atoms with van der Waals surface area (Å²) < 4.78 is 5.25. The maximum atomic E-state index is 11.6. The van der Waals surface area contributed by atoms with E-state index in [1.807, 2.05) is 20.8 Å². The first kappa shape index (κ1) is 12.7. The van der Waals surface area contributed by atoms with Crippen LogP contribution in [0.4, 0.5) is 4.79 Å². The summed E-state index contributed by atoms with van der Waals surface area (Å²) in [5.41, 5.74) is -0.278. The van der Waals surface area contributed by atoms with Crippen molar-refractivity contribution < 1.29 is 9.53 Å². The Bertz CT molecular complexity index is 294. The molecule has 2 aliphatic rings. The van der Waals surface area contributed by atoms with Crippen LogP contribution in [0.1, 0.15) is 46.5 Å². The zero-order valence-corrected chi connectivity index (χ0v) is 11.1. The number of carbonyl (C=O) groups is 1. The highest BCUT2D eigenvalue weighted by Crippen LogP contribution is 2.36. The van der Waals surface area contributed by atoms with Crippen LogP contribution in [0.5, 0.6) is 0 Å². The van der Waals surface area contributed by atoms with Gasteiger partial charge in [-0.3, -0.25) is 0 Å². The molecule has 0 radical (unpaired) electrons. The van der Waals surface area contributed by atoms with Gasteiger partial charge in [0.2, 0.25) is 0 Å². The van der Waals surface area contributed by atoms with E-state index in [9.17, 15) is 4.79 Å². The molecule has 1 aliphatic carbocycles. The summed E-state index contributed by atoms with van der Waals surface area (Å²) in [7, 11) is 0. The first-order chi connectivity index (χ1) is 7.89. The lowest BCUT2D eigenvalue weighted by atomic mass is 9.80. The van der Waals surface area contributed by atoms with E-state index < -0.39 is 5.60 Å². The molecule has 2 bridgehead atoms. The van der Waals surface area contributed by atoms with Crippen molar-refractivity contribution in [3.8, 4) is 0 Å². The zero-order valence-electron chi connectivity index (χ0n) is 11.1. The van der Waals surface area contributed by atoms with E-state index in [-0.39, 0.29) is 11.6 Å². The third-order valence-corrected chi connectivity index (χ3v) is 3.68. The fourth-order valence-corrected chi connectivity index (χ4v) is 2.96. The van der Waals surface area contributed by atoms with Crippen LogP contribution in [0.3, 0.4) is 0 Å². The fraction of sp³-hybridized carbons (Fsp3) is 0.923. The fourth-order valence-electron chi connectivity index (χ4n) is 2.96. The van der Waals surface area contributed by atoms with Gasteiger partial charge < -0.3 is 15.4 Å². The summed E-state index contributed by atoms with van der Waals surface area (Å²) in [5, 5.41) is 6.48. The van der Waals surface area contributed by atoms with E-state index in [0.29, 0.717) is 6.54 Å². The highest BCUT2D eigenvalue weighted by molar-refractivity contribution is 5.67. The van der Waals surface area contributed by atoms with Gasteiger partial charge in [0.25, 0.3) is 0 Å². The van der Waals surface area contributed by atoms with Crippen LogP contribution in [-0.4, -0.2) is 30.3 Å². The molecule has 2 N–H and O–H groups in total. The molecular formula is C13H24N2O2. The van der Waals surface area contributed by atoms with E-state index in [4.69, 9.17) is 4.74 Å². The molecule has 0 aromatic carbocycles. The molecule has 1 saturated carbocycles. The number of carbonyl (C=O) groups excluding carboxylic acids is 1. The van der Waals surface area contributed by atoms with Gasteiger partial charge in [-0.25, -0.2) is 4.79 Å². The van der Waals surface area contributed by atoms with Gasteiger partial charge in [-0.2, -0.15) is 0 Å². The molecule has 4 heteroatoms. The van der Waals surface area contributed by atoms with Crippen LogP contribution in [0.25, 0.3) is 0 Å². The summed E-state index contributed by atoms with van der Waals surface area (Å²) >= 11 is 0. The molecule has 2 rings (SSSR count). The van der Waals surface area contributed by atoms with Crippen LogP contribution >= 0.6 is 0 Å². The second-order valence-electron chi connectivity index (χ2n) is 6.48. The molecule has 2 atom stereocenters. The lowest BCUT2D eigenvalue weighted by Crippen LogP contribution is -2.50. The quantitative estimate of drug-likeness (QED) is 0.776. The Morgan fingerprint density at radius 1 is 1.53 bits per heavy atom. The summed E-state index contributed by atoms with van der Waals surface area (Å²) in [4.78, 5) is 11.6. The molecule has 17 heavy (non-hydrogen) atoms. The van der Waals surface area contributed by atoms with E-state index in [0.717, 1.165) is 12.5 Å². The monoisotopic (exact) mass is 240 g/mol. The Hall–Kier alpha value is -0.770. The number of amides is 1. The summed E-state index contributed by atoms with van der Waals surface area (Å²) in [6.07, 6.45) is 4.67. The van der Waals surface area contributed by atoms with Crippen molar-refractivity contribution >= 4 is 6.09 Å². The highest BCUT2D eigenvalue weighted by atomic mass is 16.6. The molecule has 0 aromatic heterocycles. The molecule has 2 fully saturated rings. The van der Waals surface area contributed by atoms with Crippen LogP contribution in [0.15, 0.2) is 0 Å². The van der Waals surface area contributed by atoms with Crippen molar-refractivity contribution in [2.45, 2.75) is 57.6 Å². The number of hydrogen-bond acceptors (Lipinski definition) is 3. The smallest absolute Gasteiger partial charge is 0.407 e. The van der Waals surface area contributed by atoms with Gasteiger partial charge >= 0.3 is 6.09 Å². The second-order valence-corrected chi connectivity index (χ2v) is 6.48. The number of hydrogen-bond donors (Lipinski definition) is 2. The maximum Gasteiger partial charge on any atom is 0.407 e. The molecule has 0 aromatic rings. The van der Waals surface area contributed by atoms with Crippen molar-refractivity contribution in [2.24, 2.45) is 5.92 Å². The third kappa shape index (κ3) is 3.35. The minimum absolute atomic E-state index is 0.139. The summed E-state index contributed by atoms with van der Waals surface area (Å²) in [6.45, 7) is 7.45. The Morgan fingerprint density at radius 2 is 2.29 bits per heavy atom. The SMILES string of the molecule is CC(C)(C)OC(=O)NCC12CCCC(CN1)C2. The van der Waals surface area contributed by atoms with Crippen LogP contribution in [0, 0.1) is 5.92 Å². The number of nitrogens with one attached hydrogen (secondary N) is 2. The number of rotatable bonds is 2. The molecule has 1 heterocycles. The number of alkyl carbamates (subject to hydrolysis) is 1. The molecule has 1 amide bonds. The van der Waals surface area contributed by atoms with Crippen molar-refractivity contribution in [2.75, 3.05) is 13.1 Å². The highest BCUT2D eigenvalue weighted by Gasteiger charge is 2.41. The zero-order chi connectivity index (χ0) is 12.5. The molecule has 98 valence electrons. The standard InChI is InChI=1S/C13H24N2O2/c1-12(2,3)17-11(16)14-9-13-6-4-5-10(7-13)8-15-13/h10,15H,4-9H2,1-3H3,(H,14,16). The van der Waals surface area contributed by atoms with Gasteiger partial charge in [0.05, 0.1) is 0 Å². The molecule has 1 aliphatic heterocycles. The predicted octanol–water partition coefficient (Wildman–Crippen LogP) is 2.04. The molecular weight excluding hydrogens is 216 g/mol. The average Bonchev–Trinajstić information content (AvgIpc) is 2.50. The molecule has 1 saturated heterocycles. The van der Waals surface area contributed by atoms with Crippen LogP contribution in [0.2, 0.25) is 0 Å². The predicted molar refractivity (Wildman–Crippen MR) is 66.9 cm³/mol. The lowest BCUT2D eigenvalue weighted by molar-refractivity contribution is 0.0507. The van der Waals surface area contributed by atoms with E-state index in [1.165, 1.54) is 25.7 Å². The van der Waals surface area contributed by atoms with Crippen molar-refractivity contribution in [3.63, 3.8) is 0 Å². The molecule has 2 unspecified atom stereocenters. The summed E-state index contributed by atoms with van der Waals surface area (Å²) in [5.74, 6) is 0.809. The largest absolute Gasteiger partial charge is 0.444 e. The second kappa shape index (κ2) is 4.48. The Morgan fingerprint density at radius 3 is 3.00 bits per heavy atom. The number of ether oxygens (including phenoxy) is 1. The average molecular weight is 240 g/mol. The first-order valence-corrected chi connectivity index (χ1v) is 6.60. The van der Waals surface area contributed by atoms with E-state index >= 15 is 0 Å². The minimum atomic E-state index is -0.417. The molecule has 0 spiro atoms. The van der Waals surface area contributed by atoms with Crippen LogP contribution < -0.4 is 10.6 Å². The normalized spacial score (nSPS) is 32.3. The first-order valence-electron chi connectivity index (χ1n) is 6.60. The van der Waals surface area contributed by atoms with Crippen molar-refractivity contribution in [3.05, 3.63) is 0 Å². The van der Waals surface area contributed by atoms with Gasteiger partial charge in [-0.05, 0) is 52.5 Å². The maximum absolute atomic E-state index is 11.6. The van der Waals surface area contributed by atoms with Crippen LogP contribution in [-0.2, 0) is 4.74 Å². The van der Waals surface area contributed by atoms with Gasteiger partial charge in [0.1, 0.15) is 5.60 Å². The Balaban J connectivity index is 1.80. The topological polar surface area (TPSA) is 50.4 Å². The Labute approximate surface area is 103 Å². The van der Waals surface area contributed by atoms with Gasteiger partial charge in [-0.1, -0.05) is 6.42 Å². The van der Waals surface area contributed by atoms with Gasteiger partial charge in [-0.15, -0.1) is 0 Å². The van der Waals surface area contributed by atoms with Gasteiger partial charge in [0.15, 0.2) is 0 Å². The number of fused-ring (bicyclic) bond motifs is 2. The van der Waals surface area contributed by atoms with Gasteiger partial charge in [0, 0.05) is 12.1 Å². The van der Waals surface area contributed by atoms with Crippen molar-refractivity contribution in [1.29, 1.82) is 0 Å². The Kier molecular flexibility index (Phi) is 3.34. The molecule has 4 nitrogen and oxygen atoms in total. The van der Waals surface area contributed by atoms with Crippen molar-refractivity contribution in [1.82, 2.24) is 10.6 Å². The van der Waals surface area contributed by atoms with E-state index in [2.05, 4.69) is 10.6 Å². The third-order valence-electron chi connectivity index (χ3n) is 3.68. The summed E-state index contributed by atoms with van der Waals surface area (Å²) in [6, 6.07) is 0.